The van der Waals surface area contributed by atoms with E-state index in [-0.39, 0.29) is 0 Å². The minimum absolute atomic E-state index is 0.631. The highest BCUT2D eigenvalue weighted by Gasteiger charge is 2.17. The zero-order valence-corrected chi connectivity index (χ0v) is 8.04. The summed E-state index contributed by atoms with van der Waals surface area (Å²) in [5, 5.41) is 1.06. The zero-order valence-electron chi connectivity index (χ0n) is 7.28. The zero-order chi connectivity index (χ0) is 8.43. The van der Waals surface area contributed by atoms with Crippen molar-refractivity contribution < 1.29 is 0 Å². The first-order valence-electron chi connectivity index (χ1n) is 4.10. The molecule has 0 radical (unpaired) electrons. The second kappa shape index (κ2) is 3.44. The molecule has 0 aromatic carbocycles. The van der Waals surface area contributed by atoms with Crippen LogP contribution in [0.1, 0.15) is 33.1 Å². The predicted octanol–water partition coefficient (Wildman–Crippen LogP) is 3.88. The molecule has 0 unspecified atom stereocenters. The van der Waals surface area contributed by atoms with Crippen molar-refractivity contribution in [2.24, 2.45) is 5.92 Å². The van der Waals surface area contributed by atoms with Crippen LogP contribution in [0.5, 0.6) is 0 Å². The van der Waals surface area contributed by atoms with E-state index in [1.54, 1.807) is 0 Å². The van der Waals surface area contributed by atoms with Crippen molar-refractivity contribution in [3.05, 3.63) is 22.8 Å². The molecule has 62 valence electrons. The number of hydrogen-bond donors (Lipinski definition) is 0. The van der Waals surface area contributed by atoms with Crippen LogP contribution < -0.4 is 0 Å². The molecule has 1 atom stereocenters. The van der Waals surface area contributed by atoms with E-state index in [1.165, 1.54) is 17.6 Å². The van der Waals surface area contributed by atoms with Crippen LogP contribution in [-0.2, 0) is 0 Å². The Kier molecular flexibility index (Phi) is 2.78. The molecule has 0 aromatic heterocycles. The summed E-state index contributed by atoms with van der Waals surface area (Å²) in [7, 11) is 0. The Bertz CT molecular complexity index is 201. The average Bonchev–Trinajstić information content (AvgIpc) is 1.94. The molecule has 0 amide bonds. The standard InChI is InChI=1S/C10H15Cl/c1-7(2)9-5-4-8(3)10(11)6-9/h9H,1,4-6H2,2-3H3/t9-/m1/s1. The third-order valence-electron chi connectivity index (χ3n) is 2.45. The SMILES string of the molecule is C=C(C)[C@@H]1CCC(C)=C(Cl)C1. The van der Waals surface area contributed by atoms with Gasteiger partial charge in [-0.3, -0.25) is 0 Å². The third-order valence-corrected chi connectivity index (χ3v) is 2.93. The van der Waals surface area contributed by atoms with Gasteiger partial charge in [0.15, 0.2) is 0 Å². The van der Waals surface area contributed by atoms with Crippen LogP contribution in [-0.4, -0.2) is 0 Å². The van der Waals surface area contributed by atoms with Crippen LogP contribution in [0.3, 0.4) is 0 Å². The summed E-state index contributed by atoms with van der Waals surface area (Å²) in [6, 6.07) is 0. The molecule has 11 heavy (non-hydrogen) atoms. The Morgan fingerprint density at radius 3 is 2.73 bits per heavy atom. The highest BCUT2D eigenvalue weighted by Crippen LogP contribution is 2.34. The second-order valence-corrected chi connectivity index (χ2v) is 3.93. The van der Waals surface area contributed by atoms with E-state index in [1.807, 2.05) is 0 Å². The lowest BCUT2D eigenvalue weighted by Gasteiger charge is -2.22. The summed E-state index contributed by atoms with van der Waals surface area (Å²) in [5.41, 5.74) is 2.64. The van der Waals surface area contributed by atoms with Crippen molar-refractivity contribution in [1.82, 2.24) is 0 Å². The van der Waals surface area contributed by atoms with E-state index in [9.17, 15) is 0 Å². The summed E-state index contributed by atoms with van der Waals surface area (Å²) >= 11 is 6.04. The summed E-state index contributed by atoms with van der Waals surface area (Å²) < 4.78 is 0. The first-order chi connectivity index (χ1) is 5.11. The summed E-state index contributed by atoms with van der Waals surface area (Å²) in [6.07, 6.45) is 3.40. The van der Waals surface area contributed by atoms with Crippen LogP contribution >= 0.6 is 11.6 Å². The van der Waals surface area contributed by atoms with Gasteiger partial charge in [0, 0.05) is 5.03 Å². The number of allylic oxidation sites excluding steroid dienone is 3. The molecule has 0 saturated heterocycles. The van der Waals surface area contributed by atoms with Gasteiger partial charge in [-0.25, -0.2) is 0 Å². The molecule has 1 rings (SSSR count). The van der Waals surface area contributed by atoms with Crippen LogP contribution in [0.15, 0.2) is 22.8 Å². The molecule has 0 N–H and O–H groups in total. The summed E-state index contributed by atoms with van der Waals surface area (Å²) in [5.74, 6) is 0.631. The first kappa shape index (κ1) is 8.86. The lowest BCUT2D eigenvalue weighted by atomic mass is 9.86. The minimum atomic E-state index is 0.631. The molecule has 0 aromatic rings. The van der Waals surface area contributed by atoms with Crippen molar-refractivity contribution in [3.8, 4) is 0 Å². The molecule has 0 heterocycles. The lowest BCUT2D eigenvalue weighted by Crippen LogP contribution is -2.07. The molecule has 0 aliphatic heterocycles. The number of hydrogen-bond acceptors (Lipinski definition) is 0. The van der Waals surface area contributed by atoms with Gasteiger partial charge in [-0.05, 0) is 39.0 Å². The minimum Gasteiger partial charge on any atom is -0.0998 e. The van der Waals surface area contributed by atoms with E-state index < -0.39 is 0 Å². The maximum absolute atomic E-state index is 6.04. The monoisotopic (exact) mass is 170 g/mol. The van der Waals surface area contributed by atoms with E-state index in [0.29, 0.717) is 5.92 Å². The first-order valence-corrected chi connectivity index (χ1v) is 4.48. The van der Waals surface area contributed by atoms with E-state index in [4.69, 9.17) is 11.6 Å². The molecule has 1 aliphatic carbocycles. The van der Waals surface area contributed by atoms with Gasteiger partial charge in [-0.15, -0.1) is 0 Å². The molecular weight excluding hydrogens is 156 g/mol. The largest absolute Gasteiger partial charge is 0.0998 e. The Labute approximate surface area is 73.9 Å². The molecule has 0 spiro atoms. The van der Waals surface area contributed by atoms with Crippen molar-refractivity contribution in [1.29, 1.82) is 0 Å². The quantitative estimate of drug-likeness (QED) is 0.524. The highest BCUT2D eigenvalue weighted by atomic mass is 35.5. The van der Waals surface area contributed by atoms with Gasteiger partial charge >= 0.3 is 0 Å². The predicted molar refractivity (Wildman–Crippen MR) is 50.7 cm³/mol. The van der Waals surface area contributed by atoms with Crippen molar-refractivity contribution in [3.63, 3.8) is 0 Å². The maximum Gasteiger partial charge on any atom is 0.0176 e. The smallest absolute Gasteiger partial charge is 0.0176 e. The Morgan fingerprint density at radius 2 is 2.27 bits per heavy atom. The molecular formula is C10H15Cl. The molecule has 0 fully saturated rings. The van der Waals surface area contributed by atoms with Gasteiger partial charge < -0.3 is 0 Å². The van der Waals surface area contributed by atoms with Crippen molar-refractivity contribution >= 4 is 11.6 Å². The fourth-order valence-corrected chi connectivity index (χ4v) is 1.72. The second-order valence-electron chi connectivity index (χ2n) is 3.47. The van der Waals surface area contributed by atoms with E-state index in [2.05, 4.69) is 20.4 Å². The highest BCUT2D eigenvalue weighted by molar-refractivity contribution is 6.30. The molecule has 0 nitrogen and oxygen atoms in total. The van der Waals surface area contributed by atoms with Gasteiger partial charge in [0.25, 0.3) is 0 Å². The van der Waals surface area contributed by atoms with Crippen LogP contribution in [0.4, 0.5) is 0 Å². The lowest BCUT2D eigenvalue weighted by molar-refractivity contribution is 0.534. The van der Waals surface area contributed by atoms with Crippen LogP contribution in [0.25, 0.3) is 0 Å². The fourth-order valence-electron chi connectivity index (χ4n) is 1.44. The third kappa shape index (κ3) is 2.10. The van der Waals surface area contributed by atoms with Crippen molar-refractivity contribution in [2.75, 3.05) is 0 Å². The fraction of sp³-hybridized carbons (Fsp3) is 0.600. The maximum atomic E-state index is 6.04. The molecule has 1 heteroatoms. The number of rotatable bonds is 1. The van der Waals surface area contributed by atoms with Gasteiger partial charge in [0.2, 0.25) is 0 Å². The average molecular weight is 171 g/mol. The van der Waals surface area contributed by atoms with Gasteiger partial charge in [0.05, 0.1) is 0 Å². The van der Waals surface area contributed by atoms with Crippen LogP contribution in [0, 0.1) is 5.92 Å². The molecule has 1 aliphatic rings. The van der Waals surface area contributed by atoms with E-state index in [0.717, 1.165) is 17.9 Å². The Balaban J connectivity index is 2.64. The van der Waals surface area contributed by atoms with Crippen LogP contribution in [0.2, 0.25) is 0 Å². The Morgan fingerprint density at radius 1 is 1.64 bits per heavy atom. The normalized spacial score (nSPS) is 25.5. The summed E-state index contributed by atoms with van der Waals surface area (Å²) in [6.45, 7) is 8.17. The van der Waals surface area contributed by atoms with Gasteiger partial charge in [-0.1, -0.05) is 29.3 Å². The molecule has 0 bridgehead atoms. The van der Waals surface area contributed by atoms with Gasteiger partial charge in [-0.2, -0.15) is 0 Å². The topological polar surface area (TPSA) is 0 Å². The van der Waals surface area contributed by atoms with E-state index >= 15 is 0 Å². The Hall–Kier alpha value is -0.230. The summed E-state index contributed by atoms with van der Waals surface area (Å²) in [4.78, 5) is 0. The van der Waals surface area contributed by atoms with Gasteiger partial charge in [0.1, 0.15) is 0 Å². The number of halogens is 1. The molecule has 0 saturated carbocycles. The van der Waals surface area contributed by atoms with Crippen molar-refractivity contribution in [2.45, 2.75) is 33.1 Å².